The molecule has 0 aliphatic carbocycles. The largest absolute Gasteiger partial charge is 0.497 e. The Labute approximate surface area is 180 Å². The molecule has 4 aromatic rings. The van der Waals surface area contributed by atoms with Gasteiger partial charge in [0.1, 0.15) is 10.8 Å². The minimum absolute atomic E-state index is 0.0811. The third kappa shape index (κ3) is 4.27. The van der Waals surface area contributed by atoms with E-state index in [1.807, 2.05) is 24.3 Å². The van der Waals surface area contributed by atoms with Gasteiger partial charge in [-0.2, -0.15) is 9.61 Å². The highest BCUT2D eigenvalue weighted by Gasteiger charge is 2.12. The van der Waals surface area contributed by atoms with Crippen molar-refractivity contribution in [1.29, 1.82) is 0 Å². The van der Waals surface area contributed by atoms with Crippen LogP contribution in [0.2, 0.25) is 5.02 Å². The lowest BCUT2D eigenvalue weighted by molar-refractivity contribution is 0.251. The van der Waals surface area contributed by atoms with Gasteiger partial charge in [-0.15, -0.1) is 0 Å². The normalized spacial score (nSPS) is 10.7. The topological polar surface area (TPSA) is 97.6 Å². The van der Waals surface area contributed by atoms with E-state index >= 15 is 0 Å². The molecule has 152 valence electrons. The summed E-state index contributed by atoms with van der Waals surface area (Å²) in [6, 6.07) is 15.2. The molecule has 8 nitrogen and oxygen atoms in total. The molecule has 2 N–H and O–H groups in total. The van der Waals surface area contributed by atoms with Crippen LogP contribution in [-0.4, -0.2) is 27.7 Å². The third-order valence-electron chi connectivity index (χ3n) is 4.19. The zero-order valence-corrected chi connectivity index (χ0v) is 17.3. The average Bonchev–Trinajstić information content (AvgIpc) is 3.19. The number of urea groups is 1. The average molecular weight is 442 g/mol. The minimum Gasteiger partial charge on any atom is -0.497 e. The van der Waals surface area contributed by atoms with Crippen LogP contribution in [0.4, 0.5) is 10.5 Å². The third-order valence-corrected chi connectivity index (χ3v) is 5.47. The molecule has 0 bridgehead atoms. The van der Waals surface area contributed by atoms with Crippen molar-refractivity contribution < 1.29 is 9.53 Å². The van der Waals surface area contributed by atoms with Gasteiger partial charge in [-0.25, -0.2) is 9.78 Å². The lowest BCUT2D eigenvalue weighted by Gasteiger charge is -2.08. The monoisotopic (exact) mass is 441 g/mol. The molecule has 0 unspecified atom stereocenters. The molecule has 0 saturated heterocycles. The van der Waals surface area contributed by atoms with Crippen LogP contribution < -0.4 is 20.9 Å². The van der Waals surface area contributed by atoms with Crippen LogP contribution in [0.25, 0.3) is 15.5 Å². The summed E-state index contributed by atoms with van der Waals surface area (Å²) in [5.74, 6) is 0.735. The van der Waals surface area contributed by atoms with E-state index in [0.717, 1.165) is 11.3 Å². The van der Waals surface area contributed by atoms with Crippen molar-refractivity contribution in [1.82, 2.24) is 19.9 Å². The van der Waals surface area contributed by atoms with Crippen molar-refractivity contribution in [2.75, 3.05) is 12.4 Å². The Morgan fingerprint density at radius 3 is 2.70 bits per heavy atom. The van der Waals surface area contributed by atoms with E-state index in [1.54, 1.807) is 31.4 Å². The molecule has 30 heavy (non-hydrogen) atoms. The molecule has 0 aliphatic heterocycles. The van der Waals surface area contributed by atoms with Gasteiger partial charge in [-0.3, -0.25) is 4.79 Å². The van der Waals surface area contributed by atoms with Gasteiger partial charge in [0.2, 0.25) is 4.96 Å². The number of anilines is 1. The van der Waals surface area contributed by atoms with Gasteiger partial charge in [0.25, 0.3) is 5.56 Å². The summed E-state index contributed by atoms with van der Waals surface area (Å²) in [5, 5.41) is 10.8. The number of fused-ring (bicyclic) bond motifs is 1. The lowest BCUT2D eigenvalue weighted by atomic mass is 10.2. The molecule has 0 saturated carbocycles. The molecular weight excluding hydrogens is 426 g/mol. The Balaban J connectivity index is 1.50. The Hall–Kier alpha value is -3.43. The fraction of sp³-hybridized carbons (Fsp3) is 0.100. The first-order valence-electron chi connectivity index (χ1n) is 8.87. The van der Waals surface area contributed by atoms with Gasteiger partial charge in [0, 0.05) is 11.6 Å². The van der Waals surface area contributed by atoms with Crippen molar-refractivity contribution >= 4 is 39.6 Å². The second-order valence-corrected chi connectivity index (χ2v) is 7.57. The summed E-state index contributed by atoms with van der Waals surface area (Å²) < 4.78 is 6.41. The maximum atomic E-state index is 12.4. The van der Waals surface area contributed by atoms with Crippen LogP contribution in [0.15, 0.2) is 59.4 Å². The Morgan fingerprint density at radius 1 is 1.20 bits per heavy atom. The van der Waals surface area contributed by atoms with Crippen LogP contribution >= 0.6 is 22.9 Å². The molecule has 2 aromatic heterocycles. The summed E-state index contributed by atoms with van der Waals surface area (Å²) in [7, 11) is 1.60. The van der Waals surface area contributed by atoms with Crippen molar-refractivity contribution in [2.45, 2.75) is 6.54 Å². The Morgan fingerprint density at radius 2 is 1.97 bits per heavy atom. The predicted molar refractivity (Wildman–Crippen MR) is 116 cm³/mol. The number of hydrogen-bond acceptors (Lipinski definition) is 6. The molecule has 0 aliphatic rings. The number of ether oxygens (including phenoxy) is 1. The molecule has 4 rings (SSSR count). The number of nitrogens with one attached hydrogen (secondary N) is 2. The zero-order valence-electron chi connectivity index (χ0n) is 15.8. The van der Waals surface area contributed by atoms with Crippen LogP contribution in [-0.2, 0) is 6.54 Å². The number of para-hydroxylation sites is 1. The summed E-state index contributed by atoms with van der Waals surface area (Å²) in [5.41, 5.74) is 1.45. The van der Waals surface area contributed by atoms with Crippen LogP contribution in [0.1, 0.15) is 5.69 Å². The minimum atomic E-state index is -0.451. The highest BCUT2D eigenvalue weighted by molar-refractivity contribution is 7.19. The quantitative estimate of drug-likeness (QED) is 0.491. The molecule has 2 heterocycles. The first-order valence-corrected chi connectivity index (χ1v) is 10.1. The van der Waals surface area contributed by atoms with Gasteiger partial charge in [0.15, 0.2) is 0 Å². The van der Waals surface area contributed by atoms with E-state index < -0.39 is 6.03 Å². The number of amides is 2. The second-order valence-electron chi connectivity index (χ2n) is 6.20. The molecule has 2 amide bonds. The maximum Gasteiger partial charge on any atom is 0.319 e. The summed E-state index contributed by atoms with van der Waals surface area (Å²) in [4.78, 5) is 29.4. The van der Waals surface area contributed by atoms with Gasteiger partial charge in [-0.1, -0.05) is 35.1 Å². The van der Waals surface area contributed by atoms with Crippen molar-refractivity contribution in [3.05, 3.63) is 75.7 Å². The number of rotatable bonds is 5. The number of methoxy groups -OCH3 is 1. The van der Waals surface area contributed by atoms with Crippen LogP contribution in [0.3, 0.4) is 0 Å². The number of aromatic nitrogens is 3. The second kappa shape index (κ2) is 8.52. The van der Waals surface area contributed by atoms with Crippen LogP contribution in [0, 0.1) is 0 Å². The fourth-order valence-corrected chi connectivity index (χ4v) is 3.81. The predicted octanol–water partition coefficient (Wildman–Crippen LogP) is 3.80. The van der Waals surface area contributed by atoms with E-state index in [2.05, 4.69) is 20.7 Å². The van der Waals surface area contributed by atoms with E-state index in [-0.39, 0.29) is 12.1 Å². The molecule has 2 aromatic carbocycles. The standard InChI is InChI=1S/C20H16ClN5O3S/c1-29-14-8-6-12(7-9-14)18-25-26-17(27)10-13(23-20(26)30-18)11-22-19(28)24-16-5-3-2-4-15(16)21/h2-10H,11H2,1H3,(H2,22,24,28). The highest BCUT2D eigenvalue weighted by atomic mass is 35.5. The summed E-state index contributed by atoms with van der Waals surface area (Å²) in [6.45, 7) is 0.0811. The SMILES string of the molecule is COc1ccc(-c2nn3c(=O)cc(CNC(=O)Nc4ccccc4Cl)nc3s2)cc1. The zero-order chi connectivity index (χ0) is 21.1. The first kappa shape index (κ1) is 19.9. The highest BCUT2D eigenvalue weighted by Crippen LogP contribution is 2.26. The molecule has 10 heteroatoms. The first-order chi connectivity index (χ1) is 14.5. The number of halogens is 1. The van der Waals surface area contributed by atoms with Crippen molar-refractivity contribution in [2.24, 2.45) is 0 Å². The van der Waals surface area contributed by atoms with E-state index in [4.69, 9.17) is 16.3 Å². The molecule has 0 spiro atoms. The fourth-order valence-electron chi connectivity index (χ4n) is 2.70. The van der Waals surface area contributed by atoms with E-state index in [1.165, 1.54) is 21.9 Å². The molecule has 0 fully saturated rings. The summed E-state index contributed by atoms with van der Waals surface area (Å²) in [6.07, 6.45) is 0. The van der Waals surface area contributed by atoms with Crippen molar-refractivity contribution in [3.8, 4) is 16.3 Å². The van der Waals surface area contributed by atoms with Gasteiger partial charge in [0.05, 0.1) is 30.1 Å². The molecule has 0 atom stereocenters. The van der Waals surface area contributed by atoms with E-state index in [0.29, 0.717) is 26.4 Å². The Bertz CT molecular complexity index is 1270. The molecular formula is C20H16ClN5O3S. The molecule has 0 radical (unpaired) electrons. The van der Waals surface area contributed by atoms with E-state index in [9.17, 15) is 9.59 Å². The van der Waals surface area contributed by atoms with Crippen LogP contribution in [0.5, 0.6) is 5.75 Å². The number of carbonyl (C=O) groups is 1. The van der Waals surface area contributed by atoms with Gasteiger partial charge >= 0.3 is 6.03 Å². The van der Waals surface area contributed by atoms with Crippen molar-refractivity contribution in [3.63, 3.8) is 0 Å². The summed E-state index contributed by atoms with van der Waals surface area (Å²) >= 11 is 7.32. The smallest absolute Gasteiger partial charge is 0.319 e. The van der Waals surface area contributed by atoms with Gasteiger partial charge < -0.3 is 15.4 Å². The number of benzene rings is 2. The number of carbonyl (C=O) groups excluding carboxylic acids is 1. The Kier molecular flexibility index (Phi) is 5.64. The lowest BCUT2D eigenvalue weighted by Crippen LogP contribution is -2.29. The maximum absolute atomic E-state index is 12.4. The van der Waals surface area contributed by atoms with Gasteiger partial charge in [-0.05, 0) is 36.4 Å². The number of hydrogen-bond donors (Lipinski definition) is 2. The number of nitrogens with zero attached hydrogens (tertiary/aromatic N) is 3.